The van der Waals surface area contributed by atoms with Gasteiger partial charge >= 0.3 is 6.18 Å². The van der Waals surface area contributed by atoms with Crippen molar-refractivity contribution in [1.82, 2.24) is 19.7 Å². The van der Waals surface area contributed by atoms with Gasteiger partial charge in [0.25, 0.3) is 5.91 Å². The van der Waals surface area contributed by atoms with Crippen LogP contribution in [0, 0.1) is 11.6 Å². The molecule has 1 aromatic carbocycles. The number of amides is 1. The van der Waals surface area contributed by atoms with Gasteiger partial charge in [-0.15, -0.1) is 5.10 Å². The predicted molar refractivity (Wildman–Crippen MR) is 110 cm³/mol. The standard InChI is InChI=1S/C20H17ClF5N5O3/c1-19(2,33)18-29-15(30-31(18)3)14-12(23)7-9(17(28-14)34-8-20(24,25)26)16(32)27-13-10(21)5-4-6-11(13)22/h4-7,33H,8H2,1-3H3,(H,27,32). The van der Waals surface area contributed by atoms with Crippen molar-refractivity contribution in [3.8, 4) is 17.4 Å². The van der Waals surface area contributed by atoms with E-state index in [2.05, 4.69) is 25.1 Å². The van der Waals surface area contributed by atoms with Crippen LogP contribution < -0.4 is 10.1 Å². The highest BCUT2D eigenvalue weighted by Gasteiger charge is 2.32. The minimum absolute atomic E-state index is 0.0116. The second kappa shape index (κ2) is 9.14. The summed E-state index contributed by atoms with van der Waals surface area (Å²) in [5.74, 6) is -4.61. The van der Waals surface area contributed by atoms with Crippen LogP contribution >= 0.6 is 11.6 Å². The number of anilines is 1. The first kappa shape index (κ1) is 25.3. The van der Waals surface area contributed by atoms with Crippen LogP contribution in [0.2, 0.25) is 5.02 Å². The van der Waals surface area contributed by atoms with Gasteiger partial charge in [0.1, 0.15) is 22.7 Å². The number of ether oxygens (including phenoxy) is 1. The Kier molecular flexibility index (Phi) is 6.80. The summed E-state index contributed by atoms with van der Waals surface area (Å²) < 4.78 is 73.0. The average Bonchev–Trinajstić information content (AvgIpc) is 3.10. The largest absolute Gasteiger partial charge is 0.467 e. The molecule has 0 radical (unpaired) electrons. The van der Waals surface area contributed by atoms with Gasteiger partial charge in [-0.1, -0.05) is 17.7 Å². The van der Waals surface area contributed by atoms with Gasteiger partial charge in [0, 0.05) is 7.05 Å². The van der Waals surface area contributed by atoms with E-state index in [1.807, 2.05) is 0 Å². The minimum atomic E-state index is -4.81. The average molecular weight is 506 g/mol. The van der Waals surface area contributed by atoms with Crippen molar-refractivity contribution in [3.05, 3.63) is 52.3 Å². The Morgan fingerprint density at radius 3 is 2.44 bits per heavy atom. The van der Waals surface area contributed by atoms with Crippen LogP contribution in [-0.4, -0.2) is 43.5 Å². The van der Waals surface area contributed by atoms with E-state index in [1.165, 1.54) is 33.0 Å². The summed E-state index contributed by atoms with van der Waals surface area (Å²) in [6.45, 7) is 0.934. The van der Waals surface area contributed by atoms with Crippen LogP contribution in [0.25, 0.3) is 11.5 Å². The van der Waals surface area contributed by atoms with Crippen molar-refractivity contribution in [2.45, 2.75) is 25.6 Å². The van der Waals surface area contributed by atoms with Crippen LogP contribution in [-0.2, 0) is 12.6 Å². The zero-order valence-electron chi connectivity index (χ0n) is 17.8. The predicted octanol–water partition coefficient (Wildman–Crippen LogP) is 4.23. The normalized spacial score (nSPS) is 12.1. The molecule has 1 amide bonds. The number of alkyl halides is 3. The molecule has 34 heavy (non-hydrogen) atoms. The lowest BCUT2D eigenvalue weighted by Crippen LogP contribution is -2.22. The molecule has 8 nitrogen and oxygen atoms in total. The van der Waals surface area contributed by atoms with Crippen LogP contribution in [0.15, 0.2) is 24.3 Å². The Labute approximate surface area is 194 Å². The molecule has 2 aromatic heterocycles. The molecule has 2 N–H and O–H groups in total. The number of aromatic nitrogens is 4. The number of benzene rings is 1. The molecule has 0 bridgehead atoms. The van der Waals surface area contributed by atoms with Crippen molar-refractivity contribution in [2.24, 2.45) is 7.05 Å². The molecule has 0 atom stereocenters. The number of carbonyl (C=O) groups is 1. The number of halogens is 6. The fourth-order valence-corrected chi connectivity index (χ4v) is 3.08. The maximum Gasteiger partial charge on any atom is 0.422 e. The van der Waals surface area contributed by atoms with E-state index in [4.69, 9.17) is 11.6 Å². The van der Waals surface area contributed by atoms with Crippen LogP contribution in [0.5, 0.6) is 5.88 Å². The molecule has 0 spiro atoms. The first-order valence-electron chi connectivity index (χ1n) is 9.47. The molecule has 3 aromatic rings. The lowest BCUT2D eigenvalue weighted by molar-refractivity contribution is -0.154. The van der Waals surface area contributed by atoms with Gasteiger partial charge < -0.3 is 15.2 Å². The van der Waals surface area contributed by atoms with E-state index in [0.29, 0.717) is 6.07 Å². The van der Waals surface area contributed by atoms with Crippen molar-refractivity contribution in [3.63, 3.8) is 0 Å². The number of hydrogen-bond acceptors (Lipinski definition) is 6. The van der Waals surface area contributed by atoms with E-state index in [9.17, 15) is 31.9 Å². The third kappa shape index (κ3) is 5.59. The number of nitrogens with zero attached hydrogens (tertiary/aromatic N) is 4. The highest BCUT2D eigenvalue weighted by molar-refractivity contribution is 6.34. The zero-order valence-corrected chi connectivity index (χ0v) is 18.6. The Hall–Kier alpha value is -3.32. The van der Waals surface area contributed by atoms with Crippen molar-refractivity contribution in [2.75, 3.05) is 11.9 Å². The maximum absolute atomic E-state index is 14.9. The fourth-order valence-electron chi connectivity index (χ4n) is 2.87. The molecule has 0 aliphatic rings. The Balaban J connectivity index is 2.08. The number of nitrogens with one attached hydrogen (secondary N) is 1. The quantitative estimate of drug-likeness (QED) is 0.486. The molecule has 0 aliphatic carbocycles. The highest BCUT2D eigenvalue weighted by Crippen LogP contribution is 2.30. The van der Waals surface area contributed by atoms with Crippen LogP contribution in [0.3, 0.4) is 0 Å². The molecule has 2 heterocycles. The molecule has 0 saturated carbocycles. The van der Waals surface area contributed by atoms with Gasteiger partial charge in [0.2, 0.25) is 11.7 Å². The number of pyridine rings is 1. The third-order valence-electron chi connectivity index (χ3n) is 4.28. The molecule has 182 valence electrons. The summed E-state index contributed by atoms with van der Waals surface area (Å²) in [6, 6.07) is 4.06. The van der Waals surface area contributed by atoms with Gasteiger partial charge in [0.05, 0.1) is 10.7 Å². The van der Waals surface area contributed by atoms with Gasteiger partial charge in [-0.3, -0.25) is 4.79 Å². The van der Waals surface area contributed by atoms with E-state index in [-0.39, 0.29) is 16.7 Å². The number of aliphatic hydroxyl groups is 1. The monoisotopic (exact) mass is 505 g/mol. The Morgan fingerprint density at radius 1 is 1.21 bits per heavy atom. The molecular weight excluding hydrogens is 489 g/mol. The lowest BCUT2D eigenvalue weighted by Gasteiger charge is -2.15. The van der Waals surface area contributed by atoms with E-state index in [1.54, 1.807) is 0 Å². The van der Waals surface area contributed by atoms with Gasteiger partial charge in [-0.2, -0.15) is 13.2 Å². The third-order valence-corrected chi connectivity index (χ3v) is 4.60. The second-order valence-corrected chi connectivity index (χ2v) is 7.97. The number of hydrogen-bond donors (Lipinski definition) is 2. The summed E-state index contributed by atoms with van der Waals surface area (Å²) >= 11 is 5.85. The topological polar surface area (TPSA) is 102 Å². The van der Waals surface area contributed by atoms with Crippen molar-refractivity contribution in [1.29, 1.82) is 0 Å². The van der Waals surface area contributed by atoms with E-state index < -0.39 is 58.8 Å². The molecule has 14 heteroatoms. The van der Waals surface area contributed by atoms with Gasteiger partial charge in [0.15, 0.2) is 18.2 Å². The SMILES string of the molecule is Cn1nc(-c2nc(OCC(F)(F)F)c(C(=O)Nc3c(F)cccc3Cl)cc2F)nc1C(C)(C)O. The smallest absolute Gasteiger partial charge is 0.422 e. The van der Waals surface area contributed by atoms with Gasteiger partial charge in [-0.25, -0.2) is 23.4 Å². The summed E-state index contributed by atoms with van der Waals surface area (Å²) in [4.78, 5) is 20.3. The summed E-state index contributed by atoms with van der Waals surface area (Å²) in [7, 11) is 1.41. The summed E-state index contributed by atoms with van der Waals surface area (Å²) in [5.41, 5.74) is -3.35. The maximum atomic E-state index is 14.9. The van der Waals surface area contributed by atoms with Crippen LogP contribution in [0.4, 0.5) is 27.6 Å². The minimum Gasteiger partial charge on any atom is -0.467 e. The molecule has 0 aliphatic heterocycles. The number of rotatable bonds is 6. The molecular formula is C20H17ClF5N5O3. The van der Waals surface area contributed by atoms with E-state index in [0.717, 1.165) is 10.7 Å². The van der Waals surface area contributed by atoms with Crippen molar-refractivity contribution >= 4 is 23.2 Å². The summed E-state index contributed by atoms with van der Waals surface area (Å²) in [6.07, 6.45) is -4.81. The van der Waals surface area contributed by atoms with Crippen LogP contribution in [0.1, 0.15) is 30.0 Å². The second-order valence-electron chi connectivity index (χ2n) is 7.57. The molecule has 0 fully saturated rings. The number of aryl methyl sites for hydroxylation is 1. The van der Waals surface area contributed by atoms with E-state index >= 15 is 0 Å². The lowest BCUT2D eigenvalue weighted by atomic mass is 10.1. The van der Waals surface area contributed by atoms with Gasteiger partial charge in [-0.05, 0) is 32.0 Å². The number of carbonyl (C=O) groups excluding carboxylic acids is 1. The molecule has 0 saturated heterocycles. The molecule has 3 rings (SSSR count). The zero-order chi connectivity index (χ0) is 25.4. The first-order chi connectivity index (χ1) is 15.7. The Bertz CT molecular complexity index is 1220. The molecule has 0 unspecified atom stereocenters. The highest BCUT2D eigenvalue weighted by atomic mass is 35.5. The fraction of sp³-hybridized carbons (Fsp3) is 0.300. The van der Waals surface area contributed by atoms with Crippen molar-refractivity contribution < 1.29 is 36.6 Å². The first-order valence-corrected chi connectivity index (χ1v) is 9.85. The summed E-state index contributed by atoms with van der Waals surface area (Å²) in [5, 5.41) is 15.9. The Morgan fingerprint density at radius 2 is 1.88 bits per heavy atom. The number of para-hydroxylation sites is 1.